The van der Waals surface area contributed by atoms with Crippen LogP contribution in [0.3, 0.4) is 0 Å². The summed E-state index contributed by atoms with van der Waals surface area (Å²) < 4.78 is 27.5. The Kier molecular flexibility index (Phi) is 7.14. The highest BCUT2D eigenvalue weighted by Crippen LogP contribution is 2.34. The number of hydrogen-bond donors (Lipinski definition) is 2. The van der Waals surface area contributed by atoms with E-state index in [9.17, 15) is 43.2 Å². The maximum absolute atomic E-state index is 13.8. The van der Waals surface area contributed by atoms with E-state index in [0.29, 0.717) is 18.9 Å². The first-order valence-corrected chi connectivity index (χ1v) is 11.4. The lowest BCUT2D eigenvalue weighted by Gasteiger charge is -2.31. The smallest absolute Gasteiger partial charge is 0.305 e. The van der Waals surface area contributed by atoms with E-state index in [0.717, 1.165) is 23.1 Å². The zero-order chi connectivity index (χ0) is 26.9. The van der Waals surface area contributed by atoms with Crippen LogP contribution in [0.15, 0.2) is 42.5 Å². The van der Waals surface area contributed by atoms with E-state index in [1.807, 2.05) is 0 Å². The number of nitro groups is 1. The second-order valence-corrected chi connectivity index (χ2v) is 8.85. The van der Waals surface area contributed by atoms with Gasteiger partial charge in [-0.1, -0.05) is 12.1 Å². The van der Waals surface area contributed by atoms with Crippen molar-refractivity contribution < 1.29 is 38.0 Å². The van der Waals surface area contributed by atoms with Gasteiger partial charge < -0.3 is 20.2 Å². The van der Waals surface area contributed by atoms with Crippen molar-refractivity contribution in [2.24, 2.45) is 5.92 Å². The van der Waals surface area contributed by atoms with Gasteiger partial charge in [0.15, 0.2) is 6.17 Å². The molecule has 4 rings (SSSR count). The number of nitro benzene ring substituents is 1. The number of non-ortho nitro benzene ring substituents is 1. The topological polar surface area (TPSA) is 150 Å². The van der Waals surface area contributed by atoms with E-state index in [2.05, 4.69) is 5.32 Å². The average molecular weight is 516 g/mol. The minimum atomic E-state index is -1.51. The monoisotopic (exact) mass is 516 g/mol. The number of carbonyl (C=O) groups is 4. The predicted molar refractivity (Wildman–Crippen MR) is 122 cm³/mol. The minimum Gasteiger partial charge on any atom is -0.481 e. The van der Waals surface area contributed by atoms with Crippen molar-refractivity contribution in [3.63, 3.8) is 0 Å². The molecule has 2 atom stereocenters. The molecule has 0 radical (unpaired) electrons. The lowest BCUT2D eigenvalue weighted by atomic mass is 10.0. The Hall–Kier alpha value is -4.42. The van der Waals surface area contributed by atoms with Crippen LogP contribution in [0, 0.1) is 27.7 Å². The number of nitrogens with zero attached hydrogens (tertiary/aromatic N) is 3. The van der Waals surface area contributed by atoms with Crippen LogP contribution >= 0.6 is 0 Å². The first-order chi connectivity index (χ1) is 17.5. The standard InChI is InChI=1S/C24H22F2N4O7/c25-16-8-15(9-17(26)11-16)24(35)29-7-6-28(23(34)13-4-5-13)22(29)21(33)27-19(12-20(31)32)14-2-1-3-18(10-14)30(36)37/h1-3,8-11,13,19,22H,4-7,12H2,(H,27,33)(H,31,32). The number of carboxylic acids is 1. The number of nitrogens with one attached hydrogen (secondary N) is 1. The molecule has 2 aromatic carbocycles. The summed E-state index contributed by atoms with van der Waals surface area (Å²) in [6, 6.07) is 6.03. The van der Waals surface area contributed by atoms with Crippen molar-refractivity contribution in [2.45, 2.75) is 31.5 Å². The van der Waals surface area contributed by atoms with Crippen LogP contribution in [-0.4, -0.2) is 62.8 Å². The van der Waals surface area contributed by atoms with Gasteiger partial charge in [-0.25, -0.2) is 8.78 Å². The van der Waals surface area contributed by atoms with Gasteiger partial charge in [0.2, 0.25) is 5.91 Å². The molecule has 1 saturated heterocycles. The van der Waals surface area contributed by atoms with Crippen molar-refractivity contribution >= 4 is 29.4 Å². The van der Waals surface area contributed by atoms with E-state index in [1.165, 1.54) is 23.1 Å². The highest BCUT2D eigenvalue weighted by Gasteiger charge is 2.47. The molecule has 3 amide bonds. The maximum Gasteiger partial charge on any atom is 0.305 e. The Labute approximate surface area is 208 Å². The Morgan fingerprint density at radius 2 is 1.70 bits per heavy atom. The minimum absolute atomic E-state index is 0.0165. The van der Waals surface area contributed by atoms with Gasteiger partial charge in [-0.3, -0.25) is 29.3 Å². The molecule has 0 aromatic heterocycles. The van der Waals surface area contributed by atoms with E-state index >= 15 is 0 Å². The molecule has 1 aliphatic carbocycles. The fourth-order valence-electron chi connectivity index (χ4n) is 4.29. The summed E-state index contributed by atoms with van der Waals surface area (Å²) in [5.74, 6) is -5.79. The summed E-state index contributed by atoms with van der Waals surface area (Å²) in [5, 5.41) is 23.1. The fraction of sp³-hybridized carbons (Fsp3) is 0.333. The number of rotatable bonds is 8. The number of halogens is 2. The Balaban J connectivity index is 1.66. The molecule has 2 aromatic rings. The SMILES string of the molecule is O=C(O)CC(NC(=O)C1N(C(=O)c2cc(F)cc(F)c2)CCN1C(=O)C1CC1)c1cccc([N+](=O)[O-])c1. The molecule has 0 spiro atoms. The van der Waals surface area contributed by atoms with Gasteiger partial charge in [0.1, 0.15) is 11.6 Å². The quantitative estimate of drug-likeness (QED) is 0.403. The zero-order valence-electron chi connectivity index (χ0n) is 19.3. The molecule has 1 heterocycles. The van der Waals surface area contributed by atoms with Gasteiger partial charge in [0.05, 0.1) is 17.4 Å². The van der Waals surface area contributed by atoms with Crippen LogP contribution in [0.2, 0.25) is 0 Å². The third-order valence-electron chi connectivity index (χ3n) is 6.17. The summed E-state index contributed by atoms with van der Waals surface area (Å²) in [7, 11) is 0. The van der Waals surface area contributed by atoms with Gasteiger partial charge in [0.25, 0.3) is 17.5 Å². The zero-order valence-corrected chi connectivity index (χ0v) is 19.3. The summed E-state index contributed by atoms with van der Waals surface area (Å²) in [5.41, 5.74) is -0.552. The lowest BCUT2D eigenvalue weighted by Crippen LogP contribution is -2.54. The van der Waals surface area contributed by atoms with Gasteiger partial charge >= 0.3 is 5.97 Å². The number of carbonyl (C=O) groups excluding carboxylic acids is 3. The van der Waals surface area contributed by atoms with E-state index in [1.54, 1.807) is 0 Å². The molecular weight excluding hydrogens is 494 g/mol. The summed E-state index contributed by atoms with van der Waals surface area (Å²) in [6.07, 6.45) is -0.925. The summed E-state index contributed by atoms with van der Waals surface area (Å²) in [6.45, 7) is -0.120. The fourth-order valence-corrected chi connectivity index (χ4v) is 4.29. The lowest BCUT2D eigenvalue weighted by molar-refractivity contribution is -0.384. The average Bonchev–Trinajstić information content (AvgIpc) is 3.59. The molecule has 2 N–H and O–H groups in total. The number of aliphatic carboxylic acids is 1. The number of carboxylic acid groups (broad SMARTS) is 1. The molecule has 2 aliphatic rings. The molecule has 1 saturated carbocycles. The Morgan fingerprint density at radius 1 is 1.05 bits per heavy atom. The van der Waals surface area contributed by atoms with Crippen LogP contribution in [-0.2, 0) is 14.4 Å². The molecule has 13 heteroatoms. The van der Waals surface area contributed by atoms with Crippen LogP contribution < -0.4 is 5.32 Å². The number of amides is 3. The molecule has 11 nitrogen and oxygen atoms in total. The molecule has 2 unspecified atom stereocenters. The Morgan fingerprint density at radius 3 is 2.30 bits per heavy atom. The van der Waals surface area contributed by atoms with E-state index in [-0.39, 0.29) is 41.7 Å². The third-order valence-corrected chi connectivity index (χ3v) is 6.17. The molecule has 2 fully saturated rings. The van der Waals surface area contributed by atoms with Crippen LogP contribution in [0.4, 0.5) is 14.5 Å². The van der Waals surface area contributed by atoms with Gasteiger partial charge in [-0.2, -0.15) is 0 Å². The Bertz CT molecular complexity index is 1260. The van der Waals surface area contributed by atoms with Crippen LogP contribution in [0.1, 0.15) is 41.2 Å². The van der Waals surface area contributed by atoms with Crippen LogP contribution in [0.5, 0.6) is 0 Å². The second-order valence-electron chi connectivity index (χ2n) is 8.85. The first kappa shape index (κ1) is 25.7. The van der Waals surface area contributed by atoms with E-state index < -0.39 is 53.0 Å². The molecule has 0 bridgehead atoms. The molecule has 1 aliphatic heterocycles. The number of benzene rings is 2. The van der Waals surface area contributed by atoms with Crippen molar-refractivity contribution in [2.75, 3.05) is 13.1 Å². The van der Waals surface area contributed by atoms with Crippen molar-refractivity contribution in [3.05, 3.63) is 75.3 Å². The highest BCUT2D eigenvalue weighted by molar-refractivity contribution is 5.99. The largest absolute Gasteiger partial charge is 0.481 e. The van der Waals surface area contributed by atoms with E-state index in [4.69, 9.17) is 0 Å². The van der Waals surface area contributed by atoms with Crippen LogP contribution in [0.25, 0.3) is 0 Å². The van der Waals surface area contributed by atoms with Crippen molar-refractivity contribution in [3.8, 4) is 0 Å². The predicted octanol–water partition coefficient (Wildman–Crippen LogP) is 2.23. The normalized spacial score (nSPS) is 17.8. The molecule has 194 valence electrons. The van der Waals surface area contributed by atoms with Crippen molar-refractivity contribution in [1.82, 2.24) is 15.1 Å². The first-order valence-electron chi connectivity index (χ1n) is 11.4. The second kappa shape index (κ2) is 10.3. The van der Waals surface area contributed by atoms with Crippen molar-refractivity contribution in [1.29, 1.82) is 0 Å². The van der Waals surface area contributed by atoms with Gasteiger partial charge in [-0.15, -0.1) is 0 Å². The maximum atomic E-state index is 13.8. The summed E-state index contributed by atoms with van der Waals surface area (Å²) >= 11 is 0. The highest BCUT2D eigenvalue weighted by atomic mass is 19.1. The molecular formula is C24H22F2N4O7. The third kappa shape index (κ3) is 5.71. The van der Waals surface area contributed by atoms with Gasteiger partial charge in [0, 0.05) is 42.8 Å². The van der Waals surface area contributed by atoms with Gasteiger partial charge in [-0.05, 0) is 30.5 Å². The molecule has 37 heavy (non-hydrogen) atoms. The number of hydrogen-bond acceptors (Lipinski definition) is 6. The summed E-state index contributed by atoms with van der Waals surface area (Å²) in [4.78, 5) is 63.8.